The van der Waals surface area contributed by atoms with Gasteiger partial charge in [-0.15, -0.1) is 0 Å². The summed E-state index contributed by atoms with van der Waals surface area (Å²) in [7, 11) is 3.50. The van der Waals surface area contributed by atoms with Crippen LogP contribution in [-0.2, 0) is 9.47 Å². The number of hydrogen-bond donors (Lipinski definition) is 0. The van der Waals surface area contributed by atoms with Gasteiger partial charge in [0.25, 0.3) is 0 Å². The van der Waals surface area contributed by atoms with E-state index in [-0.39, 0.29) is 24.6 Å². The molecule has 0 bridgehead atoms. The maximum absolute atomic E-state index is 6.29. The second-order valence-corrected chi connectivity index (χ2v) is 11.2. The van der Waals surface area contributed by atoms with Gasteiger partial charge in [0.15, 0.2) is 0 Å². The van der Waals surface area contributed by atoms with Crippen LogP contribution in [0.4, 0.5) is 0 Å². The Bertz CT molecular complexity index is 1060. The summed E-state index contributed by atoms with van der Waals surface area (Å²) < 4.78 is 23.6. The normalized spacial score (nSPS) is 13.2. The SMILES string of the molecule is COCC(COc1cccc2ccccc12)[Se]C(COC)COc1cccc2ccccc12. The first kappa shape index (κ1) is 23.6. The van der Waals surface area contributed by atoms with Gasteiger partial charge in [-0.25, -0.2) is 0 Å². The van der Waals surface area contributed by atoms with Crippen LogP contribution in [0.3, 0.4) is 0 Å². The molecule has 0 spiro atoms. The number of rotatable bonds is 12. The average molecular weight is 510 g/mol. The number of fused-ring (bicyclic) bond motifs is 2. The molecule has 0 amide bonds. The van der Waals surface area contributed by atoms with Crippen LogP contribution in [-0.4, -0.2) is 55.6 Å². The Morgan fingerprint density at radius 2 is 0.970 bits per heavy atom. The molecule has 0 aliphatic carbocycles. The van der Waals surface area contributed by atoms with Crippen LogP contribution in [0.2, 0.25) is 9.63 Å². The van der Waals surface area contributed by atoms with Gasteiger partial charge in [0.1, 0.15) is 0 Å². The molecule has 2 unspecified atom stereocenters. The fourth-order valence-electron chi connectivity index (χ4n) is 3.91. The zero-order chi connectivity index (χ0) is 22.9. The molecule has 4 rings (SSSR count). The van der Waals surface area contributed by atoms with Gasteiger partial charge in [0, 0.05) is 0 Å². The standard InChI is InChI=1S/C28H30O4Se/c1-29-17-23(19-31-27-15-7-11-21-9-3-5-13-25(21)27)33-24(18-30-2)20-32-28-16-8-12-22-10-4-6-14-26(22)28/h3-16,23-24H,17-20H2,1-2H3. The molecule has 0 fully saturated rings. The third-order valence-electron chi connectivity index (χ3n) is 5.44. The second kappa shape index (κ2) is 12.1. The summed E-state index contributed by atoms with van der Waals surface area (Å²) in [6, 6.07) is 29.0. The van der Waals surface area contributed by atoms with E-state index >= 15 is 0 Å². The molecular formula is C28H30O4Se. The summed E-state index contributed by atoms with van der Waals surface area (Å²) >= 11 is 0.210. The molecule has 0 radical (unpaired) electrons. The first-order valence-corrected chi connectivity index (χ1v) is 13.1. The Balaban J connectivity index is 1.41. The predicted octanol–water partition coefficient (Wildman–Crippen LogP) is 6.02. The molecule has 33 heavy (non-hydrogen) atoms. The summed E-state index contributed by atoms with van der Waals surface area (Å²) in [5.41, 5.74) is 0. The maximum atomic E-state index is 6.29. The molecule has 0 aliphatic heterocycles. The summed E-state index contributed by atoms with van der Waals surface area (Å²) in [5, 5.41) is 4.64. The van der Waals surface area contributed by atoms with E-state index in [9.17, 15) is 0 Å². The average Bonchev–Trinajstić information content (AvgIpc) is 2.86. The number of ether oxygens (including phenoxy) is 4. The van der Waals surface area contributed by atoms with Crippen molar-refractivity contribution in [1.82, 2.24) is 0 Å². The van der Waals surface area contributed by atoms with Gasteiger partial charge in [-0.3, -0.25) is 0 Å². The van der Waals surface area contributed by atoms with Crippen molar-refractivity contribution < 1.29 is 18.9 Å². The third-order valence-corrected chi connectivity index (χ3v) is 8.20. The van der Waals surface area contributed by atoms with E-state index in [1.807, 2.05) is 48.5 Å². The Labute approximate surface area is 202 Å². The molecule has 0 aromatic heterocycles. The Morgan fingerprint density at radius 3 is 1.42 bits per heavy atom. The Kier molecular flexibility index (Phi) is 8.62. The topological polar surface area (TPSA) is 36.9 Å². The monoisotopic (exact) mass is 510 g/mol. The van der Waals surface area contributed by atoms with Gasteiger partial charge in [-0.1, -0.05) is 0 Å². The van der Waals surface area contributed by atoms with Crippen LogP contribution >= 0.6 is 0 Å². The molecule has 0 saturated heterocycles. The van der Waals surface area contributed by atoms with Crippen LogP contribution in [0.15, 0.2) is 84.9 Å². The van der Waals surface area contributed by atoms with Crippen molar-refractivity contribution in [1.29, 1.82) is 0 Å². The summed E-state index contributed by atoms with van der Waals surface area (Å²) in [5.74, 6) is 1.83. The van der Waals surface area contributed by atoms with E-state index in [4.69, 9.17) is 18.9 Å². The number of hydrogen-bond acceptors (Lipinski definition) is 4. The van der Waals surface area contributed by atoms with E-state index < -0.39 is 0 Å². The summed E-state index contributed by atoms with van der Waals surface area (Å²) in [6.07, 6.45) is 0. The molecule has 0 heterocycles. The number of methoxy groups -OCH3 is 2. The van der Waals surface area contributed by atoms with E-state index in [2.05, 4.69) is 36.4 Å². The molecule has 172 valence electrons. The van der Waals surface area contributed by atoms with Gasteiger partial charge < -0.3 is 0 Å². The van der Waals surface area contributed by atoms with E-state index in [0.29, 0.717) is 26.4 Å². The quantitative estimate of drug-likeness (QED) is 0.219. The van der Waals surface area contributed by atoms with Crippen molar-refractivity contribution >= 4 is 36.5 Å². The van der Waals surface area contributed by atoms with Gasteiger partial charge >= 0.3 is 202 Å². The molecule has 4 nitrogen and oxygen atoms in total. The van der Waals surface area contributed by atoms with Crippen molar-refractivity contribution in [3.63, 3.8) is 0 Å². The molecule has 0 N–H and O–H groups in total. The van der Waals surface area contributed by atoms with Crippen LogP contribution in [0.5, 0.6) is 11.5 Å². The van der Waals surface area contributed by atoms with Gasteiger partial charge in [0.05, 0.1) is 0 Å². The molecule has 4 aromatic rings. The van der Waals surface area contributed by atoms with Gasteiger partial charge in [-0.05, 0) is 0 Å². The van der Waals surface area contributed by atoms with Crippen LogP contribution in [0.1, 0.15) is 0 Å². The van der Waals surface area contributed by atoms with Crippen LogP contribution in [0.25, 0.3) is 21.5 Å². The Hall–Kier alpha value is -2.56. The Morgan fingerprint density at radius 1 is 0.545 bits per heavy atom. The van der Waals surface area contributed by atoms with Crippen LogP contribution in [0, 0.1) is 0 Å². The van der Waals surface area contributed by atoms with Gasteiger partial charge in [-0.2, -0.15) is 0 Å². The van der Waals surface area contributed by atoms with E-state index in [1.54, 1.807) is 14.2 Å². The summed E-state index contributed by atoms with van der Waals surface area (Å²) in [6.45, 7) is 2.52. The molecule has 4 aromatic carbocycles. The molecule has 0 saturated carbocycles. The first-order valence-electron chi connectivity index (χ1n) is 11.1. The minimum absolute atomic E-state index is 0.210. The van der Waals surface area contributed by atoms with Crippen molar-refractivity contribution in [3.8, 4) is 11.5 Å². The van der Waals surface area contributed by atoms with Gasteiger partial charge in [0.2, 0.25) is 0 Å². The fraction of sp³-hybridized carbons (Fsp3) is 0.286. The number of benzene rings is 4. The zero-order valence-electron chi connectivity index (χ0n) is 19.1. The molecular weight excluding hydrogens is 479 g/mol. The fourth-order valence-corrected chi connectivity index (χ4v) is 6.56. The minimum atomic E-state index is 0.210. The second-order valence-electron chi connectivity index (χ2n) is 7.87. The molecule has 0 aliphatic rings. The zero-order valence-corrected chi connectivity index (χ0v) is 20.8. The van der Waals surface area contributed by atoms with Crippen molar-refractivity contribution in [2.24, 2.45) is 0 Å². The van der Waals surface area contributed by atoms with Crippen LogP contribution < -0.4 is 9.47 Å². The molecule has 5 heteroatoms. The summed E-state index contributed by atoms with van der Waals surface area (Å²) in [4.78, 5) is 0.579. The predicted molar refractivity (Wildman–Crippen MR) is 136 cm³/mol. The van der Waals surface area contributed by atoms with E-state index in [0.717, 1.165) is 22.3 Å². The first-order chi connectivity index (χ1) is 16.3. The van der Waals surface area contributed by atoms with Crippen molar-refractivity contribution in [2.45, 2.75) is 9.63 Å². The van der Waals surface area contributed by atoms with Crippen molar-refractivity contribution in [2.75, 3.05) is 40.6 Å². The van der Waals surface area contributed by atoms with Crippen molar-refractivity contribution in [3.05, 3.63) is 84.9 Å². The molecule has 2 atom stereocenters. The third kappa shape index (κ3) is 6.27. The van der Waals surface area contributed by atoms with E-state index in [1.165, 1.54) is 10.8 Å².